The first kappa shape index (κ1) is 24.5. The maximum atomic E-state index is 14.0. The van der Waals surface area contributed by atoms with E-state index in [4.69, 9.17) is 4.74 Å². The fraction of sp³-hybridized carbons (Fsp3) is 0.192. The molecule has 0 bridgehead atoms. The van der Waals surface area contributed by atoms with E-state index >= 15 is 0 Å². The summed E-state index contributed by atoms with van der Waals surface area (Å²) in [6, 6.07) is 10.1. The van der Waals surface area contributed by atoms with E-state index in [1.54, 1.807) is 16.9 Å². The normalized spacial score (nSPS) is 11.4. The van der Waals surface area contributed by atoms with E-state index in [1.165, 1.54) is 7.11 Å². The first-order chi connectivity index (χ1) is 17.3. The number of ether oxygens (including phenoxy) is 1. The molecule has 10 heteroatoms. The lowest BCUT2D eigenvalue weighted by molar-refractivity contribution is -0.387. The van der Waals surface area contributed by atoms with Gasteiger partial charge in [-0.2, -0.15) is 9.49 Å². The van der Waals surface area contributed by atoms with Gasteiger partial charge >= 0.3 is 5.69 Å². The van der Waals surface area contributed by atoms with Crippen LogP contribution in [0.25, 0.3) is 16.7 Å². The molecule has 0 aliphatic rings. The highest BCUT2D eigenvalue weighted by molar-refractivity contribution is 5.81. The number of halogens is 1. The van der Waals surface area contributed by atoms with E-state index in [-0.39, 0.29) is 17.4 Å². The number of allylic oxidation sites excluding steroid dienone is 1. The number of nitro benzene ring substituents is 1. The van der Waals surface area contributed by atoms with Crippen LogP contribution in [0.1, 0.15) is 30.7 Å². The monoisotopic (exact) mass is 488 g/mol. The van der Waals surface area contributed by atoms with Gasteiger partial charge in [0, 0.05) is 42.7 Å². The molecule has 0 atom stereocenters. The maximum absolute atomic E-state index is 14.0. The zero-order valence-corrected chi connectivity index (χ0v) is 20.3. The number of methoxy groups -OCH3 is 1. The Kier molecular flexibility index (Phi) is 7.05. The van der Waals surface area contributed by atoms with Crippen molar-refractivity contribution in [3.05, 3.63) is 93.8 Å². The largest absolute Gasteiger partial charge is 0.494 e. The van der Waals surface area contributed by atoms with E-state index in [2.05, 4.69) is 45.5 Å². The zero-order valence-electron chi connectivity index (χ0n) is 20.3. The molecule has 0 saturated carbocycles. The summed E-state index contributed by atoms with van der Waals surface area (Å²) in [5.74, 6) is -0.705. The Balaban J connectivity index is 1.69. The smallest absolute Gasteiger partial charge is 0.307 e. The number of nitrogens with one attached hydrogen (secondary N) is 1. The number of aryl methyl sites for hydroxylation is 2. The third-order valence-corrected chi connectivity index (χ3v) is 5.75. The Morgan fingerprint density at radius 1 is 1.25 bits per heavy atom. The van der Waals surface area contributed by atoms with Crippen molar-refractivity contribution in [1.82, 2.24) is 19.7 Å². The summed E-state index contributed by atoms with van der Waals surface area (Å²) >= 11 is 0. The quantitative estimate of drug-likeness (QED) is 0.251. The van der Waals surface area contributed by atoms with Crippen LogP contribution in [0.2, 0.25) is 0 Å². The number of hydrogen-bond acceptors (Lipinski definition) is 7. The van der Waals surface area contributed by atoms with Crippen LogP contribution in [0.4, 0.5) is 21.7 Å². The van der Waals surface area contributed by atoms with Crippen LogP contribution in [0.15, 0.2) is 61.1 Å². The summed E-state index contributed by atoms with van der Waals surface area (Å²) in [7, 11) is 3.24. The van der Waals surface area contributed by atoms with Crippen LogP contribution >= 0.6 is 0 Å². The van der Waals surface area contributed by atoms with Gasteiger partial charge in [-0.1, -0.05) is 31.2 Å². The number of aromatic nitrogens is 4. The molecule has 4 rings (SSSR count). The number of nitro groups is 1. The molecule has 0 aliphatic heterocycles. The van der Waals surface area contributed by atoms with Crippen molar-refractivity contribution in [2.24, 2.45) is 7.05 Å². The molecule has 0 unspecified atom stereocenters. The van der Waals surface area contributed by atoms with Crippen LogP contribution in [-0.2, 0) is 13.5 Å². The number of nitrogens with zero attached hydrogens (tertiary/aromatic N) is 5. The molecule has 9 nitrogen and oxygen atoms in total. The topological polar surface area (TPSA) is 108 Å². The maximum Gasteiger partial charge on any atom is 0.307 e. The lowest BCUT2D eigenvalue weighted by Crippen LogP contribution is -2.04. The molecule has 4 aromatic rings. The summed E-state index contributed by atoms with van der Waals surface area (Å²) in [6.07, 6.45) is 8.19. The van der Waals surface area contributed by atoms with E-state index in [1.807, 2.05) is 32.4 Å². The van der Waals surface area contributed by atoms with E-state index in [0.717, 1.165) is 46.4 Å². The van der Waals surface area contributed by atoms with Crippen molar-refractivity contribution < 1.29 is 14.1 Å². The van der Waals surface area contributed by atoms with Crippen molar-refractivity contribution in [3.8, 4) is 16.9 Å². The van der Waals surface area contributed by atoms with Gasteiger partial charge in [0.15, 0.2) is 0 Å². The minimum absolute atomic E-state index is 0.0950. The zero-order chi connectivity index (χ0) is 25.8. The fourth-order valence-electron chi connectivity index (χ4n) is 3.98. The Bertz CT molecular complexity index is 1460. The van der Waals surface area contributed by atoms with Crippen molar-refractivity contribution in [1.29, 1.82) is 0 Å². The van der Waals surface area contributed by atoms with Gasteiger partial charge in [0.05, 0.1) is 29.6 Å². The number of benzene rings is 2. The molecule has 0 saturated heterocycles. The van der Waals surface area contributed by atoms with Crippen molar-refractivity contribution in [3.63, 3.8) is 0 Å². The fourth-order valence-corrected chi connectivity index (χ4v) is 3.98. The predicted molar refractivity (Wildman–Crippen MR) is 136 cm³/mol. The first-order valence-electron chi connectivity index (χ1n) is 11.3. The summed E-state index contributed by atoms with van der Waals surface area (Å²) in [5.41, 5.74) is 5.37. The second kappa shape index (κ2) is 10.3. The molecule has 0 spiro atoms. The lowest BCUT2D eigenvalue weighted by Gasteiger charge is -2.15. The van der Waals surface area contributed by atoms with Crippen LogP contribution < -0.4 is 10.1 Å². The minimum atomic E-state index is -0.991. The van der Waals surface area contributed by atoms with Gasteiger partial charge in [0.2, 0.25) is 11.8 Å². The lowest BCUT2D eigenvalue weighted by atomic mass is 9.92. The van der Waals surface area contributed by atoms with E-state index in [0.29, 0.717) is 5.69 Å². The second-order valence-corrected chi connectivity index (χ2v) is 7.98. The number of rotatable bonds is 8. The Labute approximate surface area is 207 Å². The Morgan fingerprint density at radius 3 is 2.69 bits per heavy atom. The van der Waals surface area contributed by atoms with Gasteiger partial charge in [0.1, 0.15) is 5.75 Å². The first-order valence-corrected chi connectivity index (χ1v) is 11.3. The van der Waals surface area contributed by atoms with Crippen LogP contribution in [0.3, 0.4) is 0 Å². The molecule has 2 heterocycles. The minimum Gasteiger partial charge on any atom is -0.494 e. The van der Waals surface area contributed by atoms with Crippen LogP contribution in [0.5, 0.6) is 5.75 Å². The standard InChI is InChI=1S/C26H25FN6O3/c1-5-16-11-17(18-14-29-32(3)15-18)7-8-20(16)19(6-2)22-9-10-28-26(30-22)31-23-13-24(33(34)35)21(27)12-25(23)36-4/h6-15H,5H2,1-4H3,(H,28,30,31)/b19-6+. The molecule has 2 aromatic heterocycles. The van der Waals surface area contributed by atoms with Gasteiger partial charge in [-0.05, 0) is 36.1 Å². The highest BCUT2D eigenvalue weighted by atomic mass is 19.1. The Hall–Kier alpha value is -4.60. The molecule has 0 amide bonds. The molecule has 0 aliphatic carbocycles. The van der Waals surface area contributed by atoms with Crippen LogP contribution in [-0.4, -0.2) is 31.8 Å². The number of hydrogen-bond donors (Lipinski definition) is 1. The highest BCUT2D eigenvalue weighted by Gasteiger charge is 2.20. The summed E-state index contributed by atoms with van der Waals surface area (Å²) in [6.45, 7) is 4.03. The van der Waals surface area contributed by atoms with Gasteiger partial charge in [0.25, 0.3) is 0 Å². The van der Waals surface area contributed by atoms with Crippen molar-refractivity contribution in [2.45, 2.75) is 20.3 Å². The van der Waals surface area contributed by atoms with E-state index in [9.17, 15) is 14.5 Å². The molecule has 184 valence electrons. The van der Waals surface area contributed by atoms with Gasteiger partial charge in [-0.15, -0.1) is 0 Å². The van der Waals surface area contributed by atoms with Crippen molar-refractivity contribution in [2.75, 3.05) is 12.4 Å². The SMILES string of the molecule is C/C=C(/c1ccnc(Nc2cc([N+](=O)[O-])c(F)cc2OC)n1)c1ccc(-c2cnn(C)c2)cc1CC. The van der Waals surface area contributed by atoms with E-state index < -0.39 is 16.4 Å². The third-order valence-electron chi connectivity index (χ3n) is 5.75. The molecular weight excluding hydrogens is 463 g/mol. The highest BCUT2D eigenvalue weighted by Crippen LogP contribution is 2.34. The molecular formula is C26H25FN6O3. The third kappa shape index (κ3) is 4.92. The molecule has 36 heavy (non-hydrogen) atoms. The van der Waals surface area contributed by atoms with Crippen molar-refractivity contribution >= 4 is 22.9 Å². The summed E-state index contributed by atoms with van der Waals surface area (Å²) in [4.78, 5) is 19.3. The molecule has 2 aromatic carbocycles. The Morgan fingerprint density at radius 2 is 2.06 bits per heavy atom. The molecule has 1 N–H and O–H groups in total. The summed E-state index contributed by atoms with van der Waals surface area (Å²) in [5, 5.41) is 18.4. The predicted octanol–water partition coefficient (Wildman–Crippen LogP) is 5.69. The average molecular weight is 489 g/mol. The average Bonchev–Trinajstić information content (AvgIpc) is 3.31. The van der Waals surface area contributed by atoms with Gasteiger partial charge in [-0.25, -0.2) is 9.97 Å². The number of anilines is 2. The second-order valence-electron chi connectivity index (χ2n) is 7.98. The summed E-state index contributed by atoms with van der Waals surface area (Å²) < 4.78 is 21.0. The van der Waals surface area contributed by atoms with Gasteiger partial charge in [-0.3, -0.25) is 14.8 Å². The molecule has 0 radical (unpaired) electrons. The molecule has 0 fully saturated rings. The van der Waals surface area contributed by atoms with Crippen LogP contribution in [0, 0.1) is 15.9 Å². The van der Waals surface area contributed by atoms with Gasteiger partial charge < -0.3 is 10.1 Å².